The van der Waals surface area contributed by atoms with E-state index in [0.29, 0.717) is 12.5 Å². The summed E-state index contributed by atoms with van der Waals surface area (Å²) < 4.78 is 5.18. The summed E-state index contributed by atoms with van der Waals surface area (Å²) >= 11 is 1.66. The van der Waals surface area contributed by atoms with Crippen LogP contribution in [0.5, 0.6) is 0 Å². The lowest BCUT2D eigenvalue weighted by Gasteiger charge is -2.20. The SMILES string of the molecule is CC(C)(C)OC(=O)NCC(N)Cc1scnc1C1CC1. The van der Waals surface area contributed by atoms with Gasteiger partial charge in [-0.1, -0.05) is 0 Å². The number of nitrogens with one attached hydrogen (secondary N) is 1. The molecule has 20 heavy (non-hydrogen) atoms. The van der Waals surface area contributed by atoms with Crippen LogP contribution in [0.15, 0.2) is 5.51 Å². The molecular weight excluding hydrogens is 274 g/mol. The molecule has 1 unspecified atom stereocenters. The van der Waals surface area contributed by atoms with E-state index in [9.17, 15) is 4.79 Å². The summed E-state index contributed by atoms with van der Waals surface area (Å²) in [6, 6.07) is -0.111. The summed E-state index contributed by atoms with van der Waals surface area (Å²) in [5, 5.41) is 2.71. The number of nitrogens with zero attached hydrogens (tertiary/aromatic N) is 1. The van der Waals surface area contributed by atoms with Crippen LogP contribution >= 0.6 is 11.3 Å². The molecule has 1 aromatic rings. The van der Waals surface area contributed by atoms with Gasteiger partial charge in [-0.05, 0) is 33.6 Å². The molecule has 0 aromatic carbocycles. The van der Waals surface area contributed by atoms with Crippen LogP contribution < -0.4 is 11.1 Å². The summed E-state index contributed by atoms with van der Waals surface area (Å²) in [6.07, 6.45) is 2.82. The lowest BCUT2D eigenvalue weighted by Crippen LogP contribution is -2.41. The van der Waals surface area contributed by atoms with E-state index in [4.69, 9.17) is 10.5 Å². The maximum atomic E-state index is 11.6. The van der Waals surface area contributed by atoms with E-state index < -0.39 is 11.7 Å². The average Bonchev–Trinajstić information content (AvgIpc) is 3.06. The Bertz CT molecular complexity index is 463. The molecule has 1 amide bonds. The van der Waals surface area contributed by atoms with Crippen molar-refractivity contribution < 1.29 is 9.53 Å². The number of carbonyl (C=O) groups is 1. The fourth-order valence-corrected chi connectivity index (χ4v) is 2.90. The maximum Gasteiger partial charge on any atom is 0.407 e. The van der Waals surface area contributed by atoms with Crippen molar-refractivity contribution in [1.82, 2.24) is 10.3 Å². The number of hydrogen-bond acceptors (Lipinski definition) is 5. The third kappa shape index (κ3) is 4.76. The first-order valence-corrected chi connectivity index (χ1v) is 7.88. The third-order valence-electron chi connectivity index (χ3n) is 2.99. The number of ether oxygens (including phenoxy) is 1. The van der Waals surface area contributed by atoms with Gasteiger partial charge in [-0.25, -0.2) is 9.78 Å². The highest BCUT2D eigenvalue weighted by atomic mass is 32.1. The van der Waals surface area contributed by atoms with Gasteiger partial charge >= 0.3 is 6.09 Å². The minimum Gasteiger partial charge on any atom is -0.444 e. The zero-order valence-electron chi connectivity index (χ0n) is 12.3. The molecule has 1 heterocycles. The molecule has 1 aliphatic rings. The monoisotopic (exact) mass is 297 g/mol. The quantitative estimate of drug-likeness (QED) is 0.875. The summed E-state index contributed by atoms with van der Waals surface area (Å²) in [4.78, 5) is 17.2. The van der Waals surface area contributed by atoms with Gasteiger partial charge in [0.15, 0.2) is 0 Å². The van der Waals surface area contributed by atoms with Crippen LogP contribution in [0.25, 0.3) is 0 Å². The van der Waals surface area contributed by atoms with E-state index >= 15 is 0 Å². The van der Waals surface area contributed by atoms with Crippen LogP contribution in [-0.2, 0) is 11.2 Å². The highest BCUT2D eigenvalue weighted by molar-refractivity contribution is 7.09. The third-order valence-corrected chi connectivity index (χ3v) is 3.86. The number of thiazole rings is 1. The second-order valence-electron chi connectivity index (χ2n) is 6.28. The predicted octanol–water partition coefficient (Wildman–Crippen LogP) is 2.42. The van der Waals surface area contributed by atoms with E-state index in [1.165, 1.54) is 23.4 Å². The molecular formula is C14H23N3O2S. The van der Waals surface area contributed by atoms with Crippen molar-refractivity contribution in [3.05, 3.63) is 16.1 Å². The fourth-order valence-electron chi connectivity index (χ4n) is 1.96. The average molecular weight is 297 g/mol. The number of amides is 1. The van der Waals surface area contributed by atoms with Crippen LogP contribution in [-0.4, -0.2) is 29.3 Å². The molecule has 1 saturated carbocycles. The predicted molar refractivity (Wildman–Crippen MR) is 80.0 cm³/mol. The van der Waals surface area contributed by atoms with Gasteiger partial charge in [0.1, 0.15) is 5.60 Å². The van der Waals surface area contributed by atoms with E-state index in [0.717, 1.165) is 6.42 Å². The minimum absolute atomic E-state index is 0.111. The summed E-state index contributed by atoms with van der Waals surface area (Å²) in [5.41, 5.74) is 8.69. The molecule has 2 rings (SSSR count). The van der Waals surface area contributed by atoms with Gasteiger partial charge in [-0.15, -0.1) is 11.3 Å². The molecule has 1 aromatic heterocycles. The van der Waals surface area contributed by atoms with Gasteiger partial charge in [0.2, 0.25) is 0 Å². The Morgan fingerprint density at radius 1 is 1.60 bits per heavy atom. The van der Waals surface area contributed by atoms with Gasteiger partial charge in [-0.2, -0.15) is 0 Å². The van der Waals surface area contributed by atoms with Crippen LogP contribution in [0.4, 0.5) is 4.79 Å². The molecule has 0 spiro atoms. The Kier molecular flexibility index (Phi) is 4.65. The highest BCUT2D eigenvalue weighted by Gasteiger charge is 2.28. The lowest BCUT2D eigenvalue weighted by molar-refractivity contribution is 0.0524. The van der Waals surface area contributed by atoms with Gasteiger partial charge < -0.3 is 15.8 Å². The second kappa shape index (κ2) is 6.10. The molecule has 1 fully saturated rings. The van der Waals surface area contributed by atoms with Crippen LogP contribution in [0.2, 0.25) is 0 Å². The molecule has 6 heteroatoms. The van der Waals surface area contributed by atoms with Crippen LogP contribution in [0.1, 0.15) is 50.1 Å². The second-order valence-corrected chi connectivity index (χ2v) is 7.22. The van der Waals surface area contributed by atoms with Crippen LogP contribution in [0.3, 0.4) is 0 Å². The zero-order chi connectivity index (χ0) is 14.8. The molecule has 5 nitrogen and oxygen atoms in total. The van der Waals surface area contributed by atoms with Crippen molar-refractivity contribution in [2.24, 2.45) is 5.73 Å². The molecule has 1 atom stereocenters. The lowest BCUT2D eigenvalue weighted by atomic mass is 10.1. The summed E-state index contributed by atoms with van der Waals surface area (Å²) in [7, 11) is 0. The van der Waals surface area contributed by atoms with Crippen molar-refractivity contribution in [2.75, 3.05) is 6.54 Å². The Morgan fingerprint density at radius 3 is 2.90 bits per heavy atom. The molecule has 0 aliphatic heterocycles. The Labute approximate surface area is 123 Å². The fraction of sp³-hybridized carbons (Fsp3) is 0.714. The first kappa shape index (κ1) is 15.3. The van der Waals surface area contributed by atoms with Crippen molar-refractivity contribution in [3.63, 3.8) is 0 Å². The molecule has 0 saturated heterocycles. The molecule has 0 bridgehead atoms. The largest absolute Gasteiger partial charge is 0.444 e. The summed E-state index contributed by atoms with van der Waals surface area (Å²) in [6.45, 7) is 5.93. The number of aromatic nitrogens is 1. The van der Waals surface area contributed by atoms with Gasteiger partial charge in [-0.3, -0.25) is 0 Å². The first-order valence-electron chi connectivity index (χ1n) is 7.00. The van der Waals surface area contributed by atoms with Gasteiger partial charge in [0.05, 0.1) is 11.2 Å². The number of alkyl carbamates (subject to hydrolysis) is 1. The molecule has 112 valence electrons. The van der Waals surface area contributed by atoms with E-state index in [2.05, 4.69) is 10.3 Å². The first-order chi connectivity index (χ1) is 9.35. The Morgan fingerprint density at radius 2 is 2.30 bits per heavy atom. The van der Waals surface area contributed by atoms with Crippen LogP contribution in [0, 0.1) is 0 Å². The molecule has 0 radical (unpaired) electrons. The van der Waals surface area contributed by atoms with E-state index in [1.54, 1.807) is 11.3 Å². The number of carbonyl (C=O) groups excluding carboxylic acids is 1. The van der Waals surface area contributed by atoms with E-state index in [1.807, 2.05) is 26.3 Å². The number of nitrogens with two attached hydrogens (primary N) is 1. The zero-order valence-corrected chi connectivity index (χ0v) is 13.1. The number of rotatable bonds is 5. The van der Waals surface area contributed by atoms with Crippen molar-refractivity contribution >= 4 is 17.4 Å². The van der Waals surface area contributed by atoms with Crippen molar-refractivity contribution in [3.8, 4) is 0 Å². The highest BCUT2D eigenvalue weighted by Crippen LogP contribution is 2.41. The van der Waals surface area contributed by atoms with Gasteiger partial charge in [0.25, 0.3) is 0 Å². The van der Waals surface area contributed by atoms with Crippen molar-refractivity contribution in [1.29, 1.82) is 0 Å². The maximum absolute atomic E-state index is 11.6. The standard InChI is InChI=1S/C14H23N3O2S/c1-14(2,3)19-13(18)16-7-10(15)6-11-12(9-4-5-9)17-8-20-11/h8-10H,4-7,15H2,1-3H3,(H,16,18). The topological polar surface area (TPSA) is 77.2 Å². The Balaban J connectivity index is 1.76. The summed E-state index contributed by atoms with van der Waals surface area (Å²) in [5.74, 6) is 0.641. The molecule has 3 N–H and O–H groups in total. The van der Waals surface area contributed by atoms with E-state index in [-0.39, 0.29) is 6.04 Å². The number of hydrogen-bond donors (Lipinski definition) is 2. The normalized spacial score (nSPS) is 16.8. The van der Waals surface area contributed by atoms with Crippen molar-refractivity contribution in [2.45, 2.75) is 57.6 Å². The molecule has 1 aliphatic carbocycles. The van der Waals surface area contributed by atoms with Gasteiger partial charge in [0, 0.05) is 29.8 Å². The smallest absolute Gasteiger partial charge is 0.407 e. The Hall–Kier alpha value is -1.14. The minimum atomic E-state index is -0.481.